The van der Waals surface area contributed by atoms with Crippen molar-refractivity contribution >= 4 is 47.5 Å². The van der Waals surface area contributed by atoms with Gasteiger partial charge in [0.05, 0.1) is 32.6 Å². The lowest BCUT2D eigenvalue weighted by atomic mass is 10.1. The third-order valence-electron chi connectivity index (χ3n) is 4.94. The molecule has 1 saturated heterocycles. The number of amides is 1. The molecule has 1 aliphatic rings. The van der Waals surface area contributed by atoms with Crippen molar-refractivity contribution in [3.05, 3.63) is 41.7 Å². The number of hydrogen-bond donors (Lipinski definition) is 1. The number of aryl methyl sites for hydroxylation is 1. The number of carbonyl (C=O) groups excluding carboxylic acids is 2. The maximum absolute atomic E-state index is 12.7. The summed E-state index contributed by atoms with van der Waals surface area (Å²) < 4.78 is 11.8. The van der Waals surface area contributed by atoms with Gasteiger partial charge >= 0.3 is 5.97 Å². The highest BCUT2D eigenvalue weighted by molar-refractivity contribution is 14.0. The van der Waals surface area contributed by atoms with Crippen LogP contribution in [0.4, 0.5) is 5.69 Å². The highest BCUT2D eigenvalue weighted by Crippen LogP contribution is 2.22. The molecule has 1 aromatic carbocycles. The van der Waals surface area contributed by atoms with Gasteiger partial charge in [0.15, 0.2) is 5.96 Å². The van der Waals surface area contributed by atoms with Crippen molar-refractivity contribution in [3.8, 4) is 5.75 Å². The second-order valence-corrected chi connectivity index (χ2v) is 7.04. The summed E-state index contributed by atoms with van der Waals surface area (Å²) in [6.45, 7) is 4.47. The van der Waals surface area contributed by atoms with Crippen molar-refractivity contribution in [2.24, 2.45) is 12.0 Å². The smallest absolute Gasteiger partial charge is 0.341 e. The van der Waals surface area contributed by atoms with Crippen LogP contribution >= 0.6 is 24.0 Å². The van der Waals surface area contributed by atoms with Gasteiger partial charge < -0.3 is 24.6 Å². The summed E-state index contributed by atoms with van der Waals surface area (Å²) in [7, 11) is 4.66. The number of hydrogen-bond acceptors (Lipinski definition) is 6. The summed E-state index contributed by atoms with van der Waals surface area (Å²) in [5, 5.41) is 7.40. The number of guanidine groups is 1. The van der Waals surface area contributed by atoms with Crippen molar-refractivity contribution in [1.82, 2.24) is 20.0 Å². The van der Waals surface area contributed by atoms with E-state index in [1.54, 1.807) is 27.9 Å². The van der Waals surface area contributed by atoms with Crippen molar-refractivity contribution in [1.29, 1.82) is 0 Å². The molecule has 1 amide bonds. The number of esters is 1. The molecule has 1 aromatic heterocycles. The minimum atomic E-state index is -0.453. The Hall–Kier alpha value is -2.83. The van der Waals surface area contributed by atoms with Gasteiger partial charge in [-0.25, -0.2) is 9.79 Å². The zero-order valence-electron chi connectivity index (χ0n) is 18.7. The minimum absolute atomic E-state index is 0. The Morgan fingerprint density at radius 2 is 2.06 bits per heavy atom. The second kappa shape index (κ2) is 11.7. The fraction of sp³-hybridized carbons (Fsp3) is 0.429. The van der Waals surface area contributed by atoms with E-state index in [0.29, 0.717) is 43.5 Å². The first-order valence-corrected chi connectivity index (χ1v) is 10.0. The fourth-order valence-corrected chi connectivity index (χ4v) is 3.38. The lowest BCUT2D eigenvalue weighted by Gasteiger charge is -2.35. The molecule has 11 heteroatoms. The van der Waals surface area contributed by atoms with E-state index in [1.807, 2.05) is 31.1 Å². The summed E-state index contributed by atoms with van der Waals surface area (Å²) in [6.07, 6.45) is 3.52. The number of anilines is 1. The standard InChI is InChI=1S/C21H28N6O4.HI/c1-5-22-21(23-11-15-6-7-17(20(29)31-4)18(10-15)30-3)26-8-9-27(19(28)14-26)16-12-24-25(2)13-16;/h6-7,10,12-13H,5,8-9,11,14H2,1-4H3,(H,22,23);1H. The van der Waals surface area contributed by atoms with Gasteiger partial charge in [0.1, 0.15) is 17.9 Å². The normalized spacial score (nSPS) is 14.1. The predicted octanol–water partition coefficient (Wildman–Crippen LogP) is 1.65. The molecule has 0 saturated carbocycles. The lowest BCUT2D eigenvalue weighted by Crippen LogP contribution is -2.55. The van der Waals surface area contributed by atoms with E-state index in [-0.39, 0.29) is 36.4 Å². The average Bonchev–Trinajstić information content (AvgIpc) is 3.21. The van der Waals surface area contributed by atoms with Crippen LogP contribution in [0.2, 0.25) is 0 Å². The molecule has 1 N–H and O–H groups in total. The molecule has 0 spiro atoms. The molecule has 2 heterocycles. The minimum Gasteiger partial charge on any atom is -0.496 e. The molecule has 0 atom stereocenters. The Kier molecular flexibility index (Phi) is 9.29. The monoisotopic (exact) mass is 556 g/mol. The lowest BCUT2D eigenvalue weighted by molar-refractivity contribution is -0.120. The number of ether oxygens (including phenoxy) is 2. The maximum Gasteiger partial charge on any atom is 0.341 e. The van der Waals surface area contributed by atoms with E-state index < -0.39 is 5.97 Å². The Bertz CT molecular complexity index is 977. The van der Waals surface area contributed by atoms with Gasteiger partial charge in [0, 0.05) is 32.9 Å². The van der Waals surface area contributed by atoms with Gasteiger partial charge in [0.2, 0.25) is 5.91 Å². The number of methoxy groups -OCH3 is 2. The van der Waals surface area contributed by atoms with Gasteiger partial charge in [0.25, 0.3) is 0 Å². The predicted molar refractivity (Wildman–Crippen MR) is 132 cm³/mol. The average molecular weight is 556 g/mol. The van der Waals surface area contributed by atoms with Crippen LogP contribution in [0.5, 0.6) is 5.75 Å². The van der Waals surface area contributed by atoms with Crippen LogP contribution in [0.1, 0.15) is 22.8 Å². The molecule has 0 aliphatic carbocycles. The summed E-state index contributed by atoms with van der Waals surface area (Å²) >= 11 is 0. The molecule has 2 aromatic rings. The van der Waals surface area contributed by atoms with Crippen molar-refractivity contribution in [2.75, 3.05) is 45.3 Å². The third kappa shape index (κ3) is 5.90. The van der Waals surface area contributed by atoms with Crippen LogP contribution in [0, 0.1) is 0 Å². The highest BCUT2D eigenvalue weighted by Gasteiger charge is 2.27. The zero-order valence-corrected chi connectivity index (χ0v) is 21.0. The Labute approximate surface area is 204 Å². The molecule has 0 unspecified atom stereocenters. The SMILES string of the molecule is CCNC(=NCc1ccc(C(=O)OC)c(OC)c1)N1CCN(c2cnn(C)c2)C(=O)C1.I. The number of halogens is 1. The first-order chi connectivity index (χ1) is 15.0. The first-order valence-electron chi connectivity index (χ1n) is 10.0. The number of aromatic nitrogens is 2. The van der Waals surface area contributed by atoms with Gasteiger partial charge in [-0.2, -0.15) is 5.10 Å². The summed E-state index contributed by atoms with van der Waals surface area (Å²) in [4.78, 5) is 32.9. The molecule has 1 fully saturated rings. The molecule has 0 radical (unpaired) electrons. The number of nitrogens with one attached hydrogen (secondary N) is 1. The van der Waals surface area contributed by atoms with Gasteiger partial charge in [-0.1, -0.05) is 6.07 Å². The highest BCUT2D eigenvalue weighted by atomic mass is 127. The van der Waals surface area contributed by atoms with Gasteiger partial charge in [-0.3, -0.25) is 9.48 Å². The number of piperazine rings is 1. The van der Waals surface area contributed by atoms with E-state index >= 15 is 0 Å². The third-order valence-corrected chi connectivity index (χ3v) is 4.94. The van der Waals surface area contributed by atoms with Crippen LogP contribution < -0.4 is 15.0 Å². The Morgan fingerprint density at radius 3 is 2.66 bits per heavy atom. The van der Waals surface area contributed by atoms with E-state index in [4.69, 9.17) is 9.47 Å². The maximum atomic E-state index is 12.7. The Balaban J connectivity index is 0.00000363. The van der Waals surface area contributed by atoms with Crippen LogP contribution in [0.25, 0.3) is 0 Å². The number of carbonyl (C=O) groups is 2. The summed E-state index contributed by atoms with van der Waals surface area (Å²) in [6, 6.07) is 5.25. The molecule has 0 bridgehead atoms. The van der Waals surface area contributed by atoms with E-state index in [2.05, 4.69) is 15.4 Å². The van der Waals surface area contributed by atoms with E-state index in [9.17, 15) is 9.59 Å². The number of benzene rings is 1. The molecule has 1 aliphatic heterocycles. The zero-order chi connectivity index (χ0) is 22.4. The van der Waals surface area contributed by atoms with Crippen LogP contribution in [0.3, 0.4) is 0 Å². The van der Waals surface area contributed by atoms with Crippen LogP contribution in [-0.2, 0) is 23.1 Å². The summed E-state index contributed by atoms with van der Waals surface area (Å²) in [5.41, 5.74) is 2.04. The van der Waals surface area contributed by atoms with Crippen molar-refractivity contribution < 1.29 is 19.1 Å². The second-order valence-electron chi connectivity index (χ2n) is 7.04. The van der Waals surface area contributed by atoms with E-state index in [0.717, 1.165) is 11.3 Å². The molecular weight excluding hydrogens is 527 g/mol. The molecule has 32 heavy (non-hydrogen) atoms. The molecule has 10 nitrogen and oxygen atoms in total. The quantitative estimate of drug-likeness (QED) is 0.250. The molecule has 3 rings (SSSR count). The topological polar surface area (TPSA) is 101 Å². The van der Waals surface area contributed by atoms with E-state index in [1.165, 1.54) is 14.2 Å². The van der Waals surface area contributed by atoms with Gasteiger partial charge in [-0.15, -0.1) is 24.0 Å². The number of aliphatic imine (C=N–C) groups is 1. The number of rotatable bonds is 6. The first kappa shape index (κ1) is 25.4. The molecular formula is C21H29IN6O4. The van der Waals surface area contributed by atoms with Crippen LogP contribution in [0.15, 0.2) is 35.6 Å². The van der Waals surface area contributed by atoms with Crippen LogP contribution in [-0.4, -0.2) is 72.9 Å². The van der Waals surface area contributed by atoms with Gasteiger partial charge in [-0.05, 0) is 24.6 Å². The van der Waals surface area contributed by atoms with Crippen molar-refractivity contribution in [2.45, 2.75) is 13.5 Å². The summed E-state index contributed by atoms with van der Waals surface area (Å²) in [5.74, 6) is 0.640. The van der Waals surface area contributed by atoms with Crippen molar-refractivity contribution in [3.63, 3.8) is 0 Å². The fourth-order valence-electron chi connectivity index (χ4n) is 3.38. The Morgan fingerprint density at radius 1 is 1.28 bits per heavy atom. The number of nitrogens with zero attached hydrogens (tertiary/aromatic N) is 5. The largest absolute Gasteiger partial charge is 0.496 e. The molecule has 174 valence electrons.